The third-order valence-electron chi connectivity index (χ3n) is 21.3. The van der Waals surface area contributed by atoms with E-state index in [1.54, 1.807) is 18.2 Å². The molecule has 2 aromatic heterocycles. The highest BCUT2D eigenvalue weighted by molar-refractivity contribution is 6.12. The Kier molecular flexibility index (Phi) is 23.3. The number of benzene rings is 9. The topological polar surface area (TPSA) is 173 Å². The average molecular weight is 1470 g/mol. The highest BCUT2D eigenvalue weighted by atomic mass is 19.4. The van der Waals surface area contributed by atoms with Crippen molar-refractivity contribution in [3.05, 3.63) is 338 Å². The molecule has 110 heavy (non-hydrogen) atoms. The van der Waals surface area contributed by atoms with E-state index >= 15 is 0 Å². The van der Waals surface area contributed by atoms with E-state index in [2.05, 4.69) is 223 Å². The lowest BCUT2D eigenvalue weighted by atomic mass is 9.82. The van der Waals surface area contributed by atoms with E-state index in [-0.39, 0.29) is 24.2 Å². The number of aromatic nitrogens is 4. The Morgan fingerprint density at radius 1 is 0.518 bits per heavy atom. The molecule has 15 rings (SSSR count). The number of aliphatic imine (C=N–C) groups is 1. The molecule has 9 aromatic carbocycles. The summed E-state index contributed by atoms with van der Waals surface area (Å²) in [7, 11) is 3.88. The summed E-state index contributed by atoms with van der Waals surface area (Å²) in [5.74, 6) is -2.43. The Balaban J connectivity index is 0.000000145. The van der Waals surface area contributed by atoms with Gasteiger partial charge in [-0.25, -0.2) is 14.4 Å². The van der Waals surface area contributed by atoms with Gasteiger partial charge in [0.1, 0.15) is 0 Å². The molecule has 6 atom stereocenters. The standard InChI is InChI=1S/C32H31F2N3O2.C31H31N3O2.C30H29N3O2/c1-20(2)23-9-12-28(13-10-23)36-21(3)16-26-17-25(27-18-30(35-19-27)37(33)34)11-14-29(26)32(36)24-7-4-22(5-8-24)6-15-31(38)39;1-4-23-7-5-6-8-29(23)34-21(2)17-26-18-25(27-19-32-33(3)20-27)14-15-28(26)31(34)24-12-9-22(10-13-24)11-16-30(35)36;1-3-21-6-12-27(13-7-21)33-17-16-25-18-24(26-19-31-32(2)20-26)11-14-28(25)30(33)23-9-4-22(5-10-23)8-15-29(34)35/h4-15,17-21,30,32H,16H2,1-3H3,(H,38,39);5-16,18-21,31H,4,17H2,1-3H3,(H,35,36);4-15,18-20,30H,3,16-17H2,1-2H3,(H,34,35)/b15-6+;16-11+;15-8+. The van der Waals surface area contributed by atoms with Crippen molar-refractivity contribution in [2.75, 3.05) is 21.2 Å². The first-order chi connectivity index (χ1) is 53.2. The molecule has 558 valence electrons. The van der Waals surface area contributed by atoms with Gasteiger partial charge in [0, 0.05) is 103 Å². The number of rotatable bonds is 19. The first-order valence-electron chi connectivity index (χ1n) is 37.5. The van der Waals surface area contributed by atoms with Gasteiger partial charge in [0.05, 0.1) is 30.5 Å². The number of aliphatic carboxylic acids is 3. The number of fused-ring (bicyclic) bond motifs is 3. The average Bonchev–Trinajstić information content (AvgIpc) is 0.863. The van der Waals surface area contributed by atoms with Gasteiger partial charge in [-0.05, 0) is 212 Å². The summed E-state index contributed by atoms with van der Waals surface area (Å²) in [6, 6.07) is 71.0. The van der Waals surface area contributed by atoms with Crippen molar-refractivity contribution >= 4 is 65.0 Å². The monoisotopic (exact) mass is 1470 g/mol. The van der Waals surface area contributed by atoms with Gasteiger partial charge in [-0.3, -0.25) is 14.4 Å². The molecular formula is C93H91F2N9O6. The third kappa shape index (κ3) is 17.3. The minimum Gasteiger partial charge on any atom is -0.478 e. The molecule has 11 aromatic rings. The summed E-state index contributed by atoms with van der Waals surface area (Å²) >= 11 is 0. The molecule has 3 N–H and O–H groups in total. The Morgan fingerprint density at radius 2 is 0.973 bits per heavy atom. The molecule has 17 heteroatoms. The maximum absolute atomic E-state index is 13.0. The van der Waals surface area contributed by atoms with Gasteiger partial charge in [0.25, 0.3) is 0 Å². The summed E-state index contributed by atoms with van der Waals surface area (Å²) in [6.45, 7) is 14.2. The van der Waals surface area contributed by atoms with E-state index in [4.69, 9.17) is 15.3 Å². The molecule has 0 bridgehead atoms. The fourth-order valence-corrected chi connectivity index (χ4v) is 15.7. The molecule has 6 heterocycles. The van der Waals surface area contributed by atoms with E-state index in [0.29, 0.717) is 17.5 Å². The van der Waals surface area contributed by atoms with Crippen LogP contribution in [0.4, 0.5) is 26.0 Å². The number of anilines is 3. The van der Waals surface area contributed by atoms with Crippen LogP contribution in [0.3, 0.4) is 0 Å². The van der Waals surface area contributed by atoms with Gasteiger partial charge in [-0.2, -0.15) is 10.2 Å². The molecule has 4 aliphatic rings. The number of aryl methyl sites for hydroxylation is 4. The molecule has 0 aliphatic carbocycles. The van der Waals surface area contributed by atoms with Gasteiger partial charge in [-0.1, -0.05) is 207 Å². The lowest BCUT2D eigenvalue weighted by Gasteiger charge is -2.45. The fourth-order valence-electron chi connectivity index (χ4n) is 15.7. The van der Waals surface area contributed by atoms with Crippen LogP contribution in [0.5, 0.6) is 0 Å². The highest BCUT2D eigenvalue weighted by Crippen LogP contribution is 2.46. The maximum atomic E-state index is 13.0. The minimum absolute atomic E-state index is 0.0527. The van der Waals surface area contributed by atoms with E-state index in [1.807, 2.05) is 96.6 Å². The van der Waals surface area contributed by atoms with Crippen LogP contribution in [-0.4, -0.2) is 89.1 Å². The molecule has 0 spiro atoms. The van der Waals surface area contributed by atoms with Crippen molar-refractivity contribution in [2.45, 2.75) is 116 Å². The summed E-state index contributed by atoms with van der Waals surface area (Å²) in [5.41, 5.74) is 27.4. The third-order valence-corrected chi connectivity index (χ3v) is 21.3. The number of carbonyl (C=O) groups is 3. The Labute approximate surface area is 641 Å². The number of carboxylic acid groups (broad SMARTS) is 3. The molecule has 15 nitrogen and oxygen atoms in total. The predicted molar refractivity (Wildman–Crippen MR) is 437 cm³/mol. The Morgan fingerprint density at radius 3 is 1.44 bits per heavy atom. The van der Waals surface area contributed by atoms with E-state index in [1.165, 1.54) is 103 Å². The second-order valence-corrected chi connectivity index (χ2v) is 29.0. The minimum atomic E-state index is -1.25. The van der Waals surface area contributed by atoms with Gasteiger partial charge in [0.2, 0.25) is 0 Å². The predicted octanol–water partition coefficient (Wildman–Crippen LogP) is 19.5. The number of allylic oxidation sites excluding steroid dienone is 1. The lowest BCUT2D eigenvalue weighted by molar-refractivity contribution is -0.171. The number of hydrogen-bond acceptors (Lipinski definition) is 10. The maximum Gasteiger partial charge on any atom is 0.328 e. The molecular weight excluding hydrogens is 1380 g/mol. The van der Waals surface area contributed by atoms with Gasteiger partial charge < -0.3 is 30.0 Å². The van der Waals surface area contributed by atoms with Crippen molar-refractivity contribution in [1.82, 2.24) is 24.9 Å². The highest BCUT2D eigenvalue weighted by Gasteiger charge is 2.37. The molecule has 0 amide bonds. The van der Waals surface area contributed by atoms with Gasteiger partial charge in [-0.15, -0.1) is 0 Å². The summed E-state index contributed by atoms with van der Waals surface area (Å²) in [6.07, 6.45) is 22.7. The zero-order chi connectivity index (χ0) is 77.3. The van der Waals surface area contributed by atoms with E-state index in [0.717, 1.165) is 94.9 Å². The molecule has 4 aliphatic heterocycles. The largest absolute Gasteiger partial charge is 0.478 e. The second-order valence-electron chi connectivity index (χ2n) is 29.0. The molecule has 0 radical (unpaired) electrons. The molecule has 0 saturated carbocycles. The van der Waals surface area contributed by atoms with Crippen molar-refractivity contribution in [1.29, 1.82) is 0 Å². The summed E-state index contributed by atoms with van der Waals surface area (Å²) in [4.78, 5) is 44.2. The number of halogens is 2. The summed E-state index contributed by atoms with van der Waals surface area (Å²) in [5, 5.41) is 34.7. The Bertz CT molecular complexity index is 5270. The number of para-hydroxylation sites is 1. The molecule has 0 fully saturated rings. The van der Waals surface area contributed by atoms with Crippen molar-refractivity contribution in [3.63, 3.8) is 0 Å². The first-order valence-corrected chi connectivity index (χ1v) is 37.5. The van der Waals surface area contributed by atoms with Crippen molar-refractivity contribution in [2.24, 2.45) is 19.1 Å². The smallest absolute Gasteiger partial charge is 0.328 e. The van der Waals surface area contributed by atoms with E-state index in [9.17, 15) is 23.3 Å². The van der Waals surface area contributed by atoms with Crippen molar-refractivity contribution in [3.8, 4) is 22.3 Å². The number of carboxylic acids is 3. The molecule has 6 unspecified atom stereocenters. The first kappa shape index (κ1) is 75.9. The van der Waals surface area contributed by atoms with Gasteiger partial charge in [0.15, 0.2) is 6.17 Å². The molecule has 0 saturated heterocycles. The number of hydrogen-bond donors (Lipinski definition) is 3. The summed E-state index contributed by atoms with van der Waals surface area (Å²) < 4.78 is 29.7. The normalized spacial score (nSPS) is 17.9. The van der Waals surface area contributed by atoms with Crippen LogP contribution in [0.15, 0.2) is 254 Å². The quantitative estimate of drug-likeness (QED) is 0.0517. The second kappa shape index (κ2) is 33.8. The number of nitrogens with zero attached hydrogens (tertiary/aromatic N) is 9. The van der Waals surface area contributed by atoms with Crippen LogP contribution in [-0.2, 0) is 60.6 Å². The van der Waals surface area contributed by atoms with Crippen LogP contribution in [0.1, 0.15) is 155 Å². The van der Waals surface area contributed by atoms with E-state index < -0.39 is 29.4 Å². The van der Waals surface area contributed by atoms with Crippen LogP contribution < -0.4 is 14.7 Å². The van der Waals surface area contributed by atoms with Crippen LogP contribution in [0.2, 0.25) is 0 Å². The zero-order valence-electron chi connectivity index (χ0n) is 63.1. The van der Waals surface area contributed by atoms with Crippen LogP contribution >= 0.6 is 0 Å². The zero-order valence-corrected chi connectivity index (χ0v) is 63.1. The van der Waals surface area contributed by atoms with Crippen LogP contribution in [0, 0.1) is 0 Å². The van der Waals surface area contributed by atoms with Gasteiger partial charge >= 0.3 is 17.9 Å². The lowest BCUT2D eigenvalue weighted by Crippen LogP contribution is -2.43. The SMILES string of the molecule is CC(C)c1ccc(N2C(C)Cc3cc(C4=CC(N(F)F)N=C4)ccc3C2c2ccc(/C=C/C(=O)O)cc2)cc1.CCc1ccc(N2CCc3cc(-c4cnn(C)c4)ccc3C2c2ccc(/C=C/C(=O)O)cc2)cc1.CCc1ccccc1N1C(C)Cc2cc(-c3cnn(C)c3)ccc2C1c1ccc(/C=C/C(=O)O)cc1. The van der Waals surface area contributed by atoms with Crippen LogP contribution in [0.25, 0.3) is 46.1 Å². The Hall–Kier alpha value is -12.3. The van der Waals surface area contributed by atoms with Crippen molar-refractivity contribution < 1.29 is 38.7 Å². The fraction of sp³-hybridized carbons (Fsp3) is 0.226.